The van der Waals surface area contributed by atoms with Gasteiger partial charge in [-0.2, -0.15) is 0 Å². The largest absolute Gasteiger partial charge is 0.375 e. The maximum atomic E-state index is 5.71. The molecule has 0 aromatic carbocycles. The third-order valence-corrected chi connectivity index (χ3v) is 3.69. The van der Waals surface area contributed by atoms with E-state index >= 15 is 0 Å². The number of anilines is 2. The van der Waals surface area contributed by atoms with Gasteiger partial charge in [-0.1, -0.05) is 13.8 Å². The first-order valence-corrected chi connectivity index (χ1v) is 8.14. The van der Waals surface area contributed by atoms with Crippen molar-refractivity contribution in [1.29, 1.82) is 0 Å². The molecular formula is C16H28N4O. The van der Waals surface area contributed by atoms with Gasteiger partial charge >= 0.3 is 0 Å². The second kappa shape index (κ2) is 7.59. The van der Waals surface area contributed by atoms with E-state index in [1.165, 1.54) is 0 Å². The van der Waals surface area contributed by atoms with Crippen molar-refractivity contribution >= 4 is 11.6 Å². The predicted octanol–water partition coefficient (Wildman–Crippen LogP) is 2.86. The lowest BCUT2D eigenvalue weighted by atomic mass is 10.2. The van der Waals surface area contributed by atoms with Gasteiger partial charge in [0.1, 0.15) is 17.5 Å². The fourth-order valence-electron chi connectivity index (χ4n) is 2.53. The van der Waals surface area contributed by atoms with Crippen LogP contribution in [0, 0.1) is 0 Å². The minimum atomic E-state index is 0.248. The van der Waals surface area contributed by atoms with Crippen molar-refractivity contribution in [3.63, 3.8) is 0 Å². The Bertz CT molecular complexity index is 452. The molecule has 21 heavy (non-hydrogen) atoms. The third-order valence-electron chi connectivity index (χ3n) is 3.69. The quantitative estimate of drug-likeness (QED) is 0.873. The highest BCUT2D eigenvalue weighted by atomic mass is 16.5. The van der Waals surface area contributed by atoms with Crippen LogP contribution in [0.5, 0.6) is 0 Å². The molecule has 0 aliphatic carbocycles. The molecular weight excluding hydrogens is 264 g/mol. The summed E-state index contributed by atoms with van der Waals surface area (Å²) in [5, 5.41) is 3.39. The Labute approximate surface area is 128 Å². The van der Waals surface area contributed by atoms with E-state index in [1.54, 1.807) is 0 Å². The maximum Gasteiger partial charge on any atom is 0.134 e. The average molecular weight is 292 g/mol. The van der Waals surface area contributed by atoms with Crippen LogP contribution in [-0.4, -0.2) is 41.8 Å². The zero-order chi connectivity index (χ0) is 15.2. The van der Waals surface area contributed by atoms with Crippen LogP contribution in [0.25, 0.3) is 0 Å². The van der Waals surface area contributed by atoms with Gasteiger partial charge in [0.05, 0.1) is 18.8 Å². The summed E-state index contributed by atoms with van der Waals surface area (Å²) < 4.78 is 5.71. The third kappa shape index (κ3) is 4.30. The Morgan fingerprint density at radius 2 is 2.10 bits per heavy atom. The van der Waals surface area contributed by atoms with Crippen molar-refractivity contribution in [2.24, 2.45) is 0 Å². The first-order chi connectivity index (χ1) is 10.1. The van der Waals surface area contributed by atoms with Gasteiger partial charge in [0.2, 0.25) is 0 Å². The van der Waals surface area contributed by atoms with Crippen LogP contribution >= 0.6 is 0 Å². The van der Waals surface area contributed by atoms with Crippen LogP contribution in [0.3, 0.4) is 0 Å². The van der Waals surface area contributed by atoms with Gasteiger partial charge in [-0.05, 0) is 26.7 Å². The summed E-state index contributed by atoms with van der Waals surface area (Å²) >= 11 is 0. The molecule has 2 heterocycles. The molecule has 1 aromatic rings. The van der Waals surface area contributed by atoms with Crippen molar-refractivity contribution in [3.05, 3.63) is 11.9 Å². The number of aryl methyl sites for hydroxylation is 1. The molecule has 0 amide bonds. The number of aromatic nitrogens is 2. The topological polar surface area (TPSA) is 50.3 Å². The van der Waals surface area contributed by atoms with Crippen molar-refractivity contribution in [2.75, 3.05) is 29.9 Å². The molecule has 0 spiro atoms. The molecule has 2 atom stereocenters. The Kier molecular flexibility index (Phi) is 5.79. The predicted molar refractivity (Wildman–Crippen MR) is 87.0 cm³/mol. The molecule has 0 bridgehead atoms. The van der Waals surface area contributed by atoms with Crippen molar-refractivity contribution in [1.82, 2.24) is 9.97 Å². The second-order valence-electron chi connectivity index (χ2n) is 5.85. The normalized spacial score (nSPS) is 22.4. The summed E-state index contributed by atoms with van der Waals surface area (Å²) in [6, 6.07) is 2.42. The van der Waals surface area contributed by atoms with Gasteiger partial charge < -0.3 is 15.0 Å². The molecule has 1 fully saturated rings. The second-order valence-corrected chi connectivity index (χ2v) is 5.85. The highest BCUT2D eigenvalue weighted by Crippen LogP contribution is 2.22. The fourth-order valence-corrected chi connectivity index (χ4v) is 2.53. The smallest absolute Gasteiger partial charge is 0.134 e. The first kappa shape index (κ1) is 16.0. The van der Waals surface area contributed by atoms with Crippen molar-refractivity contribution in [3.8, 4) is 0 Å². The van der Waals surface area contributed by atoms with Crippen molar-refractivity contribution < 1.29 is 4.74 Å². The highest BCUT2D eigenvalue weighted by Gasteiger charge is 2.25. The van der Waals surface area contributed by atoms with Crippen LogP contribution < -0.4 is 10.2 Å². The summed E-state index contributed by atoms with van der Waals surface area (Å²) in [5.41, 5.74) is 0. The number of rotatable bonds is 6. The Balaban J connectivity index is 2.25. The van der Waals surface area contributed by atoms with E-state index in [9.17, 15) is 0 Å². The van der Waals surface area contributed by atoms with E-state index in [0.717, 1.165) is 56.4 Å². The molecule has 1 aliphatic rings. The molecule has 2 unspecified atom stereocenters. The molecule has 2 rings (SSSR count). The number of nitrogens with one attached hydrogen (secondary N) is 1. The summed E-state index contributed by atoms with van der Waals surface area (Å²) in [5.74, 6) is 2.89. The van der Waals surface area contributed by atoms with E-state index in [4.69, 9.17) is 9.72 Å². The van der Waals surface area contributed by atoms with E-state index in [1.807, 2.05) is 0 Å². The van der Waals surface area contributed by atoms with Gasteiger partial charge in [-0.3, -0.25) is 0 Å². The van der Waals surface area contributed by atoms with Crippen LogP contribution in [0.1, 0.15) is 46.4 Å². The number of ether oxygens (including phenoxy) is 1. The van der Waals surface area contributed by atoms with Crippen LogP contribution in [-0.2, 0) is 11.2 Å². The number of morpholine rings is 1. The lowest BCUT2D eigenvalue weighted by Gasteiger charge is -2.37. The number of hydrogen-bond donors (Lipinski definition) is 1. The summed E-state index contributed by atoms with van der Waals surface area (Å²) in [6.07, 6.45) is 3.32. The molecule has 1 aliphatic heterocycles. The minimum absolute atomic E-state index is 0.248. The van der Waals surface area contributed by atoms with Crippen molar-refractivity contribution in [2.45, 2.75) is 59.1 Å². The summed E-state index contributed by atoms with van der Waals surface area (Å²) in [4.78, 5) is 11.7. The molecule has 0 radical (unpaired) electrons. The Morgan fingerprint density at radius 1 is 1.29 bits per heavy atom. The SMILES string of the molecule is CCCNc1cc(N2CC(C)OCC2C)nc(CCC)n1. The first-order valence-electron chi connectivity index (χ1n) is 8.14. The van der Waals surface area contributed by atoms with E-state index < -0.39 is 0 Å². The van der Waals surface area contributed by atoms with Gasteiger partial charge in [0, 0.05) is 25.6 Å². The molecule has 118 valence electrons. The molecule has 5 heteroatoms. The lowest BCUT2D eigenvalue weighted by molar-refractivity contribution is 0.0340. The Hall–Kier alpha value is -1.36. The number of nitrogens with zero attached hydrogens (tertiary/aromatic N) is 3. The summed E-state index contributed by atoms with van der Waals surface area (Å²) in [6.45, 7) is 11.2. The van der Waals surface area contributed by atoms with E-state index in [2.05, 4.69) is 49.0 Å². The molecule has 0 saturated carbocycles. The van der Waals surface area contributed by atoms with Crippen LogP contribution in [0.4, 0.5) is 11.6 Å². The summed E-state index contributed by atoms with van der Waals surface area (Å²) in [7, 11) is 0. The van der Waals surface area contributed by atoms with Gasteiger partial charge in [-0.15, -0.1) is 0 Å². The Morgan fingerprint density at radius 3 is 2.81 bits per heavy atom. The van der Waals surface area contributed by atoms with Crippen LogP contribution in [0.15, 0.2) is 6.07 Å². The van der Waals surface area contributed by atoms with E-state index in [0.29, 0.717) is 6.04 Å². The minimum Gasteiger partial charge on any atom is -0.375 e. The van der Waals surface area contributed by atoms with Gasteiger partial charge in [0.15, 0.2) is 0 Å². The highest BCUT2D eigenvalue weighted by molar-refractivity contribution is 5.50. The monoisotopic (exact) mass is 292 g/mol. The van der Waals surface area contributed by atoms with Gasteiger partial charge in [-0.25, -0.2) is 9.97 Å². The molecule has 1 aromatic heterocycles. The molecule has 1 saturated heterocycles. The zero-order valence-corrected chi connectivity index (χ0v) is 13.7. The maximum absolute atomic E-state index is 5.71. The standard InChI is InChI=1S/C16H28N4O/c1-5-7-14-18-15(17-8-6-2)9-16(19-14)20-10-13(4)21-11-12(20)3/h9,12-13H,5-8,10-11H2,1-4H3,(H,17,18,19). The fraction of sp³-hybridized carbons (Fsp3) is 0.750. The molecule has 1 N–H and O–H groups in total. The number of hydrogen-bond acceptors (Lipinski definition) is 5. The lowest BCUT2D eigenvalue weighted by Crippen LogP contribution is -2.47. The molecule has 5 nitrogen and oxygen atoms in total. The average Bonchev–Trinajstić information content (AvgIpc) is 2.48. The zero-order valence-electron chi connectivity index (χ0n) is 13.7. The van der Waals surface area contributed by atoms with Gasteiger partial charge in [0.25, 0.3) is 0 Å². The van der Waals surface area contributed by atoms with E-state index in [-0.39, 0.29) is 6.10 Å². The van der Waals surface area contributed by atoms with Crippen LogP contribution in [0.2, 0.25) is 0 Å².